The van der Waals surface area contributed by atoms with Gasteiger partial charge < -0.3 is 18.8 Å². The van der Waals surface area contributed by atoms with E-state index in [1.54, 1.807) is 44.2 Å². The van der Waals surface area contributed by atoms with Gasteiger partial charge in [-0.15, -0.1) is 0 Å². The topological polar surface area (TPSA) is 115 Å². The summed E-state index contributed by atoms with van der Waals surface area (Å²) >= 11 is 0. The van der Waals surface area contributed by atoms with Gasteiger partial charge in [-0.1, -0.05) is 12.1 Å². The smallest absolute Gasteiger partial charge is 0.361 e. The first kappa shape index (κ1) is 30.9. The van der Waals surface area contributed by atoms with Crippen LogP contribution in [0.25, 0.3) is 22.3 Å². The lowest BCUT2D eigenvalue weighted by molar-refractivity contribution is 0.0964. The fraction of sp³-hybridized carbons (Fsp3) is 0.323. The molecule has 4 aromatic rings. The molecular formula is C31H34FN2O7PS. The molecule has 1 N–H and O–H groups in total. The maximum atomic E-state index is 13.7. The molecule has 12 heteroatoms. The van der Waals surface area contributed by atoms with Crippen molar-refractivity contribution in [1.82, 2.24) is 5.32 Å². The van der Waals surface area contributed by atoms with Crippen molar-refractivity contribution in [1.29, 1.82) is 0 Å². The number of sulfonamides is 1. The predicted molar refractivity (Wildman–Crippen MR) is 165 cm³/mol. The molecule has 0 atom stereocenters. The fourth-order valence-electron chi connectivity index (χ4n) is 5.10. The van der Waals surface area contributed by atoms with Gasteiger partial charge in [0, 0.05) is 24.1 Å². The number of nitrogens with one attached hydrogen (secondary N) is 1. The molecule has 9 nitrogen and oxygen atoms in total. The molecule has 1 amide bonds. The lowest BCUT2D eigenvalue weighted by Crippen LogP contribution is -2.30. The summed E-state index contributed by atoms with van der Waals surface area (Å²) in [4.78, 5) is 13.1. The van der Waals surface area contributed by atoms with E-state index in [-0.39, 0.29) is 37.3 Å². The normalized spacial score (nSPS) is 13.8. The number of rotatable bonds is 12. The van der Waals surface area contributed by atoms with Crippen LogP contribution in [-0.2, 0) is 30.2 Å². The van der Waals surface area contributed by atoms with Crippen molar-refractivity contribution in [3.63, 3.8) is 0 Å². The molecule has 1 aliphatic rings. The lowest BCUT2D eigenvalue weighted by atomic mass is 10.00. The number of benzene rings is 3. The molecule has 0 bridgehead atoms. The van der Waals surface area contributed by atoms with Gasteiger partial charge in [0.05, 0.1) is 42.6 Å². The van der Waals surface area contributed by atoms with Crippen molar-refractivity contribution in [2.24, 2.45) is 0 Å². The van der Waals surface area contributed by atoms with Gasteiger partial charge in [-0.3, -0.25) is 13.7 Å². The molecule has 43 heavy (non-hydrogen) atoms. The number of carbonyl (C=O) groups excluding carboxylic acids is 1. The lowest BCUT2D eigenvalue weighted by Gasteiger charge is -2.25. The molecule has 0 unspecified atom stereocenters. The number of fused-ring (bicyclic) bond motifs is 1. The van der Waals surface area contributed by atoms with Crippen LogP contribution in [0, 0.1) is 5.82 Å². The second-order valence-corrected chi connectivity index (χ2v) is 14.3. The van der Waals surface area contributed by atoms with Crippen LogP contribution < -0.4 is 14.9 Å². The van der Waals surface area contributed by atoms with Gasteiger partial charge in [-0.25, -0.2) is 12.8 Å². The summed E-state index contributed by atoms with van der Waals surface area (Å²) in [5, 5.41) is 3.59. The molecule has 3 aromatic carbocycles. The summed E-state index contributed by atoms with van der Waals surface area (Å²) in [6, 6.07) is 15.8. The summed E-state index contributed by atoms with van der Waals surface area (Å²) in [5.41, 5.74) is 3.06. The largest absolute Gasteiger partial charge is 0.455 e. The number of furan rings is 1. The minimum absolute atomic E-state index is 0.00570. The van der Waals surface area contributed by atoms with Crippen molar-refractivity contribution < 1.29 is 35.6 Å². The second-order valence-electron chi connectivity index (χ2n) is 10.3. The monoisotopic (exact) mass is 628 g/mol. The Morgan fingerprint density at radius 1 is 1.05 bits per heavy atom. The molecule has 0 radical (unpaired) electrons. The molecule has 0 spiro atoms. The van der Waals surface area contributed by atoms with E-state index in [0.29, 0.717) is 38.7 Å². The molecule has 1 aliphatic carbocycles. The Balaban J connectivity index is 1.61. The van der Waals surface area contributed by atoms with Crippen molar-refractivity contribution in [2.45, 2.75) is 39.2 Å². The van der Waals surface area contributed by atoms with Crippen LogP contribution in [0.2, 0.25) is 0 Å². The Morgan fingerprint density at radius 3 is 2.21 bits per heavy atom. The third-order valence-corrected chi connectivity index (χ3v) is 10.5. The molecule has 0 saturated heterocycles. The average molecular weight is 629 g/mol. The van der Waals surface area contributed by atoms with Gasteiger partial charge in [-0.2, -0.15) is 0 Å². The van der Waals surface area contributed by atoms with Crippen LogP contribution in [0.15, 0.2) is 65.1 Å². The zero-order valence-corrected chi connectivity index (χ0v) is 26.1. The van der Waals surface area contributed by atoms with Crippen LogP contribution in [-0.4, -0.2) is 40.8 Å². The zero-order chi connectivity index (χ0) is 30.9. The third-order valence-electron chi connectivity index (χ3n) is 7.26. The summed E-state index contributed by atoms with van der Waals surface area (Å²) in [5.74, 6) is -0.405. The molecule has 0 aliphatic heterocycles. The SMILES string of the molecule is CCOP(=O)(OCC)c1ccc(CN(c2cc3oc(-c4ccc(F)cc4)c(C(=O)NC)c3cc2C2CC2)S(C)(=O)=O)cc1. The highest BCUT2D eigenvalue weighted by molar-refractivity contribution is 7.92. The van der Waals surface area contributed by atoms with E-state index >= 15 is 0 Å². The molecule has 1 fully saturated rings. The standard InChI is InChI=1S/C31H34FN2O7PS/c1-5-39-42(36,40-6-2)24-15-7-20(8-16-24)19-34(43(4,37)38)27-18-28-26(17-25(27)21-9-10-21)29(31(35)33-3)30(41-28)22-11-13-23(32)14-12-22/h7-8,11-18,21H,5-6,9-10,19H2,1-4H3,(H,33,35). The van der Waals surface area contributed by atoms with Gasteiger partial charge in [0.15, 0.2) is 0 Å². The highest BCUT2D eigenvalue weighted by Crippen LogP contribution is 2.49. The van der Waals surface area contributed by atoms with Gasteiger partial charge in [0.1, 0.15) is 17.2 Å². The average Bonchev–Trinajstić information content (AvgIpc) is 3.75. The van der Waals surface area contributed by atoms with Crippen molar-refractivity contribution in [2.75, 3.05) is 30.8 Å². The Bertz CT molecular complexity index is 1790. The second kappa shape index (κ2) is 12.2. The fourth-order valence-corrected chi connectivity index (χ4v) is 7.56. The number of hydrogen-bond acceptors (Lipinski definition) is 7. The highest BCUT2D eigenvalue weighted by Gasteiger charge is 2.33. The van der Waals surface area contributed by atoms with E-state index in [1.807, 2.05) is 6.07 Å². The number of anilines is 1. The first-order chi connectivity index (χ1) is 20.5. The summed E-state index contributed by atoms with van der Waals surface area (Å²) < 4.78 is 71.7. The van der Waals surface area contributed by atoms with Crippen LogP contribution in [0.4, 0.5) is 10.1 Å². The Labute approximate surface area is 250 Å². The molecular weight excluding hydrogens is 594 g/mol. The molecule has 1 aromatic heterocycles. The molecule has 1 heterocycles. The summed E-state index contributed by atoms with van der Waals surface area (Å²) in [7, 11) is -5.76. The van der Waals surface area contributed by atoms with Crippen LogP contribution in [0.5, 0.6) is 0 Å². The van der Waals surface area contributed by atoms with E-state index in [4.69, 9.17) is 13.5 Å². The van der Waals surface area contributed by atoms with E-state index in [0.717, 1.165) is 24.7 Å². The molecule has 5 rings (SSSR count). The number of amides is 1. The van der Waals surface area contributed by atoms with E-state index in [9.17, 15) is 22.2 Å². The molecule has 228 valence electrons. The van der Waals surface area contributed by atoms with Crippen LogP contribution in [0.1, 0.15) is 54.1 Å². The Hall–Kier alpha value is -3.50. The Morgan fingerprint density at radius 2 is 1.67 bits per heavy atom. The van der Waals surface area contributed by atoms with E-state index in [1.165, 1.54) is 35.6 Å². The number of nitrogens with zero attached hydrogens (tertiary/aromatic N) is 1. The zero-order valence-electron chi connectivity index (χ0n) is 24.4. The van der Waals surface area contributed by atoms with E-state index in [2.05, 4.69) is 5.32 Å². The van der Waals surface area contributed by atoms with Gasteiger partial charge in [0.25, 0.3) is 5.91 Å². The first-order valence-electron chi connectivity index (χ1n) is 14.0. The maximum absolute atomic E-state index is 13.7. The highest BCUT2D eigenvalue weighted by atomic mass is 32.2. The van der Waals surface area contributed by atoms with Crippen molar-refractivity contribution in [3.8, 4) is 11.3 Å². The van der Waals surface area contributed by atoms with Crippen molar-refractivity contribution >= 4 is 45.5 Å². The van der Waals surface area contributed by atoms with Crippen LogP contribution >= 0.6 is 7.60 Å². The maximum Gasteiger partial charge on any atom is 0.361 e. The summed E-state index contributed by atoms with van der Waals surface area (Å²) in [6.07, 6.45) is 2.91. The quantitative estimate of drug-likeness (QED) is 0.182. The minimum Gasteiger partial charge on any atom is -0.455 e. The van der Waals surface area contributed by atoms with Gasteiger partial charge in [-0.05, 0) is 86.2 Å². The number of hydrogen-bond donors (Lipinski definition) is 1. The minimum atomic E-state index is -3.78. The summed E-state index contributed by atoms with van der Waals surface area (Å²) in [6.45, 7) is 3.90. The van der Waals surface area contributed by atoms with Crippen molar-refractivity contribution in [3.05, 3.63) is 83.2 Å². The van der Waals surface area contributed by atoms with Gasteiger partial charge in [0.2, 0.25) is 10.0 Å². The number of carbonyl (C=O) groups is 1. The van der Waals surface area contributed by atoms with E-state index < -0.39 is 23.4 Å². The third kappa shape index (κ3) is 6.40. The Kier molecular flexibility index (Phi) is 8.81. The molecule has 1 saturated carbocycles. The van der Waals surface area contributed by atoms with Gasteiger partial charge >= 0.3 is 7.60 Å². The first-order valence-corrected chi connectivity index (χ1v) is 17.4. The van der Waals surface area contributed by atoms with Crippen LogP contribution in [0.3, 0.4) is 0 Å². The predicted octanol–water partition coefficient (Wildman–Crippen LogP) is 6.33. The number of halogens is 1.